The second-order valence-corrected chi connectivity index (χ2v) is 11.0. The van der Waals surface area contributed by atoms with E-state index in [1.807, 2.05) is 23.7 Å². The number of hydrogen-bond acceptors (Lipinski definition) is 5. The molecule has 1 aromatic heterocycles. The Morgan fingerprint density at radius 3 is 2.51 bits per heavy atom. The maximum Gasteiger partial charge on any atom is 0.416 e. The number of methoxy groups -OCH3 is 1. The summed E-state index contributed by atoms with van der Waals surface area (Å²) in [4.78, 5) is 14.9. The van der Waals surface area contributed by atoms with Gasteiger partial charge in [-0.25, -0.2) is 4.39 Å². The molecule has 3 aromatic rings. The number of nitrogens with one attached hydrogen (secondary N) is 1. The zero-order valence-electron chi connectivity index (χ0n) is 22.3. The summed E-state index contributed by atoms with van der Waals surface area (Å²) in [5.74, 6) is 0.258. The Bertz CT molecular complexity index is 1390. The standard InChI is InChI=1S/C28H31F4N5O2/c1-26(2,29)15-33-13-17-8-21-22(23(9-17)28(30,31)32)14-37(24(21)38)19-7-5-6-18(10-19)27(11-20(12-27)39-4)25-35-34-16-36(25)3/h5-10,16,20,33H,11-15H2,1-4H3. The van der Waals surface area contributed by atoms with E-state index >= 15 is 0 Å². The van der Waals surface area contributed by atoms with Crippen molar-refractivity contribution >= 4 is 11.6 Å². The van der Waals surface area contributed by atoms with Gasteiger partial charge in [0, 0.05) is 38.5 Å². The minimum atomic E-state index is -4.64. The number of rotatable bonds is 8. The average Bonchev–Trinajstić information content (AvgIpc) is 3.41. The van der Waals surface area contributed by atoms with Crippen LogP contribution < -0.4 is 10.2 Å². The Balaban J connectivity index is 1.48. The second kappa shape index (κ2) is 9.71. The Morgan fingerprint density at radius 2 is 1.90 bits per heavy atom. The number of amides is 1. The number of aryl methyl sites for hydroxylation is 1. The van der Waals surface area contributed by atoms with Crippen molar-refractivity contribution in [1.82, 2.24) is 20.1 Å². The molecule has 2 aliphatic rings. The molecule has 1 aliphatic carbocycles. The molecule has 5 rings (SSSR count). The van der Waals surface area contributed by atoms with Crippen LogP contribution in [0.15, 0.2) is 42.7 Å². The van der Waals surface area contributed by atoms with Crippen LogP contribution in [0.5, 0.6) is 0 Å². The van der Waals surface area contributed by atoms with Gasteiger partial charge in [-0.1, -0.05) is 12.1 Å². The summed E-state index contributed by atoms with van der Waals surface area (Å²) in [6.07, 6.45) is -1.65. The number of halogens is 4. The van der Waals surface area contributed by atoms with Crippen molar-refractivity contribution in [2.24, 2.45) is 7.05 Å². The molecule has 2 aromatic carbocycles. The van der Waals surface area contributed by atoms with Gasteiger partial charge in [-0.2, -0.15) is 13.2 Å². The van der Waals surface area contributed by atoms with E-state index in [-0.39, 0.29) is 42.4 Å². The van der Waals surface area contributed by atoms with Gasteiger partial charge in [-0.15, -0.1) is 10.2 Å². The monoisotopic (exact) mass is 545 g/mol. The van der Waals surface area contributed by atoms with Gasteiger partial charge < -0.3 is 19.5 Å². The smallest absolute Gasteiger partial charge is 0.381 e. The molecule has 1 saturated carbocycles. The van der Waals surface area contributed by atoms with E-state index in [1.165, 1.54) is 24.8 Å². The van der Waals surface area contributed by atoms with Crippen LogP contribution in [-0.4, -0.2) is 46.1 Å². The molecule has 0 spiro atoms. The zero-order valence-corrected chi connectivity index (χ0v) is 22.3. The van der Waals surface area contributed by atoms with Crippen molar-refractivity contribution in [3.05, 3.63) is 76.4 Å². The van der Waals surface area contributed by atoms with E-state index in [0.717, 1.165) is 17.5 Å². The Labute approximate surface area is 224 Å². The van der Waals surface area contributed by atoms with Crippen molar-refractivity contribution in [3.63, 3.8) is 0 Å². The highest BCUT2D eigenvalue weighted by atomic mass is 19.4. The lowest BCUT2D eigenvalue weighted by Gasteiger charge is -2.46. The molecule has 7 nitrogen and oxygen atoms in total. The molecular weight excluding hydrogens is 514 g/mol. The van der Waals surface area contributed by atoms with E-state index < -0.39 is 28.7 Å². The molecule has 1 amide bonds. The number of hydrogen-bond donors (Lipinski definition) is 1. The van der Waals surface area contributed by atoms with Gasteiger partial charge in [0.15, 0.2) is 0 Å². The molecule has 2 heterocycles. The first kappa shape index (κ1) is 27.3. The lowest BCUT2D eigenvalue weighted by Crippen LogP contribution is -2.48. The fourth-order valence-electron chi connectivity index (χ4n) is 5.66. The summed E-state index contributed by atoms with van der Waals surface area (Å²) in [6.45, 7) is 2.54. The van der Waals surface area contributed by atoms with Crippen LogP contribution in [0, 0.1) is 0 Å². The number of alkyl halides is 4. The highest BCUT2D eigenvalue weighted by molar-refractivity contribution is 6.10. The van der Waals surface area contributed by atoms with Gasteiger partial charge in [-0.3, -0.25) is 4.79 Å². The number of carbonyl (C=O) groups excluding carboxylic acids is 1. The van der Waals surface area contributed by atoms with E-state index in [4.69, 9.17) is 4.74 Å². The van der Waals surface area contributed by atoms with Crippen LogP contribution in [0.4, 0.5) is 23.2 Å². The average molecular weight is 546 g/mol. The number of carbonyl (C=O) groups is 1. The Morgan fingerprint density at radius 1 is 1.15 bits per heavy atom. The first-order chi connectivity index (χ1) is 18.3. The van der Waals surface area contributed by atoms with Crippen LogP contribution in [0.1, 0.15) is 65.1 Å². The van der Waals surface area contributed by atoms with Crippen molar-refractivity contribution in [2.45, 2.75) is 63.1 Å². The van der Waals surface area contributed by atoms with Crippen molar-refractivity contribution in [2.75, 3.05) is 18.6 Å². The van der Waals surface area contributed by atoms with Crippen LogP contribution in [0.2, 0.25) is 0 Å². The molecule has 0 bridgehead atoms. The summed E-state index contributed by atoms with van der Waals surface area (Å²) < 4.78 is 63.5. The van der Waals surface area contributed by atoms with Crippen LogP contribution >= 0.6 is 0 Å². The number of anilines is 1. The third-order valence-corrected chi connectivity index (χ3v) is 7.62. The third-order valence-electron chi connectivity index (χ3n) is 7.62. The predicted molar refractivity (Wildman–Crippen MR) is 137 cm³/mol. The Kier molecular flexibility index (Phi) is 6.79. The molecule has 208 valence electrons. The lowest BCUT2D eigenvalue weighted by molar-refractivity contribution is -0.138. The molecule has 0 radical (unpaired) electrons. The number of benzene rings is 2. The molecule has 1 N–H and O–H groups in total. The summed E-state index contributed by atoms with van der Waals surface area (Å²) in [6, 6.07) is 9.84. The molecule has 39 heavy (non-hydrogen) atoms. The van der Waals surface area contributed by atoms with E-state index in [9.17, 15) is 22.4 Å². The molecule has 1 aliphatic heterocycles. The van der Waals surface area contributed by atoms with Gasteiger partial charge in [-0.05, 0) is 67.6 Å². The Hall–Kier alpha value is -3.31. The topological polar surface area (TPSA) is 72.3 Å². The minimum absolute atomic E-state index is 0.00730. The molecule has 11 heteroatoms. The summed E-state index contributed by atoms with van der Waals surface area (Å²) >= 11 is 0. The number of fused-ring (bicyclic) bond motifs is 1. The van der Waals surface area contributed by atoms with Crippen molar-refractivity contribution < 1.29 is 27.1 Å². The maximum atomic E-state index is 14.1. The van der Waals surface area contributed by atoms with Gasteiger partial charge in [0.05, 0.1) is 23.6 Å². The van der Waals surface area contributed by atoms with Gasteiger partial charge in [0.1, 0.15) is 17.8 Å². The van der Waals surface area contributed by atoms with E-state index in [1.54, 1.807) is 25.6 Å². The van der Waals surface area contributed by atoms with Crippen LogP contribution in [0.25, 0.3) is 0 Å². The van der Waals surface area contributed by atoms with Gasteiger partial charge in [0.2, 0.25) is 0 Å². The second-order valence-electron chi connectivity index (χ2n) is 11.0. The fraction of sp³-hybridized carbons (Fsp3) is 0.464. The van der Waals surface area contributed by atoms with Crippen molar-refractivity contribution in [1.29, 1.82) is 0 Å². The fourth-order valence-corrected chi connectivity index (χ4v) is 5.66. The highest BCUT2D eigenvalue weighted by Crippen LogP contribution is 2.50. The molecule has 0 atom stereocenters. The third kappa shape index (κ3) is 5.05. The molecule has 0 saturated heterocycles. The predicted octanol–water partition coefficient (Wildman–Crippen LogP) is 4.93. The summed E-state index contributed by atoms with van der Waals surface area (Å²) in [5.41, 5.74) is -1.23. The number of aromatic nitrogens is 3. The van der Waals surface area contributed by atoms with E-state index in [2.05, 4.69) is 15.5 Å². The lowest BCUT2D eigenvalue weighted by atomic mass is 9.62. The molecular formula is C28H31F4N5O2. The largest absolute Gasteiger partial charge is 0.416 e. The summed E-state index contributed by atoms with van der Waals surface area (Å²) in [5, 5.41) is 11.2. The molecule has 1 fully saturated rings. The first-order valence-corrected chi connectivity index (χ1v) is 12.7. The van der Waals surface area contributed by atoms with Gasteiger partial charge in [0.25, 0.3) is 5.91 Å². The zero-order chi connectivity index (χ0) is 28.2. The summed E-state index contributed by atoms with van der Waals surface area (Å²) in [7, 11) is 3.52. The van der Waals surface area contributed by atoms with Gasteiger partial charge >= 0.3 is 6.18 Å². The quantitative estimate of drug-likeness (QED) is 0.407. The molecule has 0 unspecified atom stereocenters. The van der Waals surface area contributed by atoms with Crippen LogP contribution in [0.3, 0.4) is 0 Å². The number of ether oxygens (including phenoxy) is 1. The maximum absolute atomic E-state index is 14.1. The highest BCUT2D eigenvalue weighted by Gasteiger charge is 2.50. The normalized spacial score (nSPS) is 21.3. The van der Waals surface area contributed by atoms with Crippen LogP contribution in [-0.2, 0) is 36.5 Å². The first-order valence-electron chi connectivity index (χ1n) is 12.7. The number of nitrogens with zero attached hydrogens (tertiary/aromatic N) is 4. The van der Waals surface area contributed by atoms with Crippen molar-refractivity contribution in [3.8, 4) is 0 Å². The minimum Gasteiger partial charge on any atom is -0.381 e. The SMILES string of the molecule is COC1CC(c2cccc(N3Cc4c(cc(CNCC(C)(C)F)cc4C(F)(F)F)C3=O)c2)(c2nncn2C)C1. The van der Waals surface area contributed by atoms with E-state index in [0.29, 0.717) is 18.5 Å².